The third-order valence-electron chi connectivity index (χ3n) is 5.96. The van der Waals surface area contributed by atoms with E-state index in [1.54, 1.807) is 4.90 Å². The lowest BCUT2D eigenvalue weighted by atomic mass is 9.98. The van der Waals surface area contributed by atoms with Crippen molar-refractivity contribution in [2.45, 2.75) is 46.0 Å². The van der Waals surface area contributed by atoms with Crippen LogP contribution in [-0.4, -0.2) is 39.7 Å². The summed E-state index contributed by atoms with van der Waals surface area (Å²) in [5.41, 5.74) is 2.01. The van der Waals surface area contributed by atoms with Crippen LogP contribution >= 0.6 is 24.0 Å². The monoisotopic (exact) mass is 439 g/mol. The quantitative estimate of drug-likeness (QED) is 0.320. The predicted octanol–water partition coefficient (Wildman–Crippen LogP) is 5.86. The van der Waals surface area contributed by atoms with Crippen molar-refractivity contribution in [1.82, 2.24) is 9.88 Å². The normalized spacial score (nSPS) is 19.5. The Bertz CT molecular complexity index is 980. The van der Waals surface area contributed by atoms with Crippen LogP contribution in [0.3, 0.4) is 0 Å². The van der Waals surface area contributed by atoms with E-state index in [4.69, 9.17) is 17.2 Å². The number of anilines is 1. The van der Waals surface area contributed by atoms with E-state index in [-0.39, 0.29) is 5.91 Å². The molecule has 2 fully saturated rings. The molecule has 6 heteroatoms. The summed E-state index contributed by atoms with van der Waals surface area (Å²) in [5.74, 6) is 1.77. The summed E-state index contributed by atoms with van der Waals surface area (Å²) in [6, 6.07) is 10.4. The third kappa shape index (κ3) is 4.54. The Morgan fingerprint density at radius 1 is 1.23 bits per heavy atom. The Balaban J connectivity index is 1.68. The molecule has 0 spiro atoms. The molecule has 2 aliphatic heterocycles. The van der Waals surface area contributed by atoms with Crippen LogP contribution in [0.15, 0.2) is 35.2 Å². The first-order valence-corrected chi connectivity index (χ1v) is 12.2. The first-order valence-electron chi connectivity index (χ1n) is 11.0. The lowest BCUT2D eigenvalue weighted by Crippen LogP contribution is -2.34. The van der Waals surface area contributed by atoms with Crippen LogP contribution in [0.4, 0.5) is 5.82 Å². The Morgan fingerprint density at radius 3 is 2.77 bits per heavy atom. The molecule has 4 nitrogen and oxygen atoms in total. The minimum absolute atomic E-state index is 0.0347. The van der Waals surface area contributed by atoms with Gasteiger partial charge in [-0.1, -0.05) is 68.9 Å². The molecule has 1 amide bonds. The van der Waals surface area contributed by atoms with Crippen LogP contribution in [0.1, 0.15) is 51.5 Å². The molecule has 2 saturated heterocycles. The molecule has 4 rings (SSSR count). The van der Waals surface area contributed by atoms with Crippen molar-refractivity contribution >= 4 is 57.0 Å². The van der Waals surface area contributed by atoms with Gasteiger partial charge >= 0.3 is 0 Å². The molecule has 2 aromatic rings. The number of benzene rings is 1. The molecular weight excluding hydrogens is 410 g/mol. The molecule has 1 aromatic carbocycles. The number of fused-ring (bicyclic) bond motifs is 1. The smallest absolute Gasteiger partial charge is 0.266 e. The number of carbonyl (C=O) groups is 1. The SMILES string of the molecule is CCCCCN1C(=O)/C(=C/c2cc3ccccc3nc2N2CCC(C)CC2)SC1=S. The number of thiocarbonyl (C=S) groups is 1. The average Bonchev–Trinajstić information content (AvgIpc) is 3.01. The zero-order valence-electron chi connectivity index (χ0n) is 17.8. The second-order valence-corrected chi connectivity index (χ2v) is 9.98. The number of carbonyl (C=O) groups excluding carboxylic acids is 1. The second kappa shape index (κ2) is 9.48. The van der Waals surface area contributed by atoms with E-state index in [9.17, 15) is 4.79 Å². The minimum Gasteiger partial charge on any atom is -0.356 e. The number of hydrogen-bond donors (Lipinski definition) is 0. The highest BCUT2D eigenvalue weighted by Crippen LogP contribution is 2.36. The Kier molecular flexibility index (Phi) is 6.74. The summed E-state index contributed by atoms with van der Waals surface area (Å²) in [5, 5.41) is 1.09. The predicted molar refractivity (Wildman–Crippen MR) is 132 cm³/mol. The topological polar surface area (TPSA) is 36.4 Å². The highest BCUT2D eigenvalue weighted by atomic mass is 32.2. The number of piperidine rings is 1. The Morgan fingerprint density at radius 2 is 2.00 bits per heavy atom. The van der Waals surface area contributed by atoms with Crippen molar-refractivity contribution in [3.05, 3.63) is 40.8 Å². The molecule has 0 N–H and O–H groups in total. The van der Waals surface area contributed by atoms with E-state index >= 15 is 0 Å². The average molecular weight is 440 g/mol. The standard InChI is InChI=1S/C24H29N3OS2/c1-3-4-7-12-27-23(28)21(30-24(27)29)16-19-15-18-8-5-6-9-20(18)25-22(19)26-13-10-17(2)11-14-26/h5-6,8-9,15-17H,3-4,7,10-14H2,1-2H3/b21-16-. The molecule has 2 aliphatic rings. The van der Waals surface area contributed by atoms with Crippen LogP contribution in [0.25, 0.3) is 17.0 Å². The van der Waals surface area contributed by atoms with Crippen molar-refractivity contribution in [3.63, 3.8) is 0 Å². The van der Waals surface area contributed by atoms with Crippen LogP contribution < -0.4 is 4.90 Å². The van der Waals surface area contributed by atoms with Crippen molar-refractivity contribution in [1.29, 1.82) is 0 Å². The fraction of sp³-hybridized carbons (Fsp3) is 0.458. The molecule has 158 valence electrons. The maximum atomic E-state index is 13.0. The lowest BCUT2D eigenvalue weighted by molar-refractivity contribution is -0.122. The summed E-state index contributed by atoms with van der Waals surface area (Å²) < 4.78 is 0.671. The molecular formula is C24H29N3OS2. The number of unbranched alkanes of at least 4 members (excludes halogenated alkanes) is 2. The van der Waals surface area contributed by atoms with E-state index in [2.05, 4.69) is 36.9 Å². The summed E-state index contributed by atoms with van der Waals surface area (Å²) in [6.07, 6.45) is 7.59. The summed E-state index contributed by atoms with van der Waals surface area (Å²) in [4.78, 5) is 22.9. The zero-order valence-corrected chi connectivity index (χ0v) is 19.4. The van der Waals surface area contributed by atoms with Gasteiger partial charge in [-0.15, -0.1) is 0 Å². The Hall–Kier alpha value is -1.92. The number of para-hydroxylation sites is 1. The van der Waals surface area contributed by atoms with Gasteiger partial charge in [-0.05, 0) is 43.4 Å². The highest BCUT2D eigenvalue weighted by molar-refractivity contribution is 8.26. The first kappa shape index (κ1) is 21.3. The van der Waals surface area contributed by atoms with Gasteiger partial charge in [0.05, 0.1) is 10.4 Å². The van der Waals surface area contributed by atoms with Gasteiger partial charge in [0.15, 0.2) is 0 Å². The lowest BCUT2D eigenvalue weighted by Gasteiger charge is -2.32. The van der Waals surface area contributed by atoms with E-state index in [0.717, 1.165) is 60.6 Å². The van der Waals surface area contributed by atoms with Crippen LogP contribution in [0.5, 0.6) is 0 Å². The number of hydrogen-bond acceptors (Lipinski definition) is 5. The fourth-order valence-electron chi connectivity index (χ4n) is 4.06. The molecule has 0 atom stereocenters. The number of aromatic nitrogens is 1. The van der Waals surface area contributed by atoms with E-state index < -0.39 is 0 Å². The molecule has 0 unspecified atom stereocenters. The first-order chi connectivity index (χ1) is 14.6. The van der Waals surface area contributed by atoms with E-state index in [1.165, 1.54) is 24.6 Å². The molecule has 0 aliphatic carbocycles. The fourth-order valence-corrected chi connectivity index (χ4v) is 5.36. The molecule has 3 heterocycles. The van der Waals surface area contributed by atoms with Crippen molar-refractivity contribution in [2.24, 2.45) is 5.92 Å². The van der Waals surface area contributed by atoms with Crippen LogP contribution in [-0.2, 0) is 4.79 Å². The van der Waals surface area contributed by atoms with Gasteiger partial charge in [0.25, 0.3) is 5.91 Å². The minimum atomic E-state index is 0.0347. The van der Waals surface area contributed by atoms with E-state index in [1.807, 2.05) is 18.2 Å². The van der Waals surface area contributed by atoms with Gasteiger partial charge in [-0.2, -0.15) is 0 Å². The van der Waals surface area contributed by atoms with Crippen molar-refractivity contribution in [3.8, 4) is 0 Å². The van der Waals surface area contributed by atoms with Gasteiger partial charge in [0, 0.05) is 30.6 Å². The molecule has 30 heavy (non-hydrogen) atoms. The number of amides is 1. The summed E-state index contributed by atoms with van der Waals surface area (Å²) in [6.45, 7) is 7.20. The highest BCUT2D eigenvalue weighted by Gasteiger charge is 2.32. The Labute approximate surface area is 188 Å². The number of pyridine rings is 1. The molecule has 0 bridgehead atoms. The van der Waals surface area contributed by atoms with Gasteiger partial charge in [-0.25, -0.2) is 4.98 Å². The van der Waals surface area contributed by atoms with Gasteiger partial charge < -0.3 is 4.90 Å². The second-order valence-electron chi connectivity index (χ2n) is 8.30. The zero-order chi connectivity index (χ0) is 21.1. The molecule has 1 aromatic heterocycles. The van der Waals surface area contributed by atoms with Gasteiger partial charge in [0.2, 0.25) is 0 Å². The number of thioether (sulfide) groups is 1. The maximum absolute atomic E-state index is 13.0. The van der Waals surface area contributed by atoms with Gasteiger partial charge in [0.1, 0.15) is 10.1 Å². The molecule has 0 saturated carbocycles. The van der Waals surface area contributed by atoms with Crippen molar-refractivity contribution in [2.75, 3.05) is 24.5 Å². The largest absolute Gasteiger partial charge is 0.356 e. The molecule has 0 radical (unpaired) electrons. The summed E-state index contributed by atoms with van der Waals surface area (Å²) in [7, 11) is 0. The van der Waals surface area contributed by atoms with Crippen LogP contribution in [0.2, 0.25) is 0 Å². The number of nitrogens with zero attached hydrogens (tertiary/aromatic N) is 3. The maximum Gasteiger partial charge on any atom is 0.266 e. The number of rotatable bonds is 6. The van der Waals surface area contributed by atoms with Gasteiger partial charge in [-0.3, -0.25) is 9.69 Å². The van der Waals surface area contributed by atoms with E-state index in [0.29, 0.717) is 15.8 Å². The van der Waals surface area contributed by atoms with Crippen molar-refractivity contribution < 1.29 is 4.79 Å². The van der Waals surface area contributed by atoms with Crippen LogP contribution in [0, 0.1) is 5.92 Å². The third-order valence-corrected chi connectivity index (χ3v) is 7.34. The summed E-state index contributed by atoms with van der Waals surface area (Å²) >= 11 is 6.93.